The highest BCUT2D eigenvalue weighted by atomic mass is 16.5. The van der Waals surface area contributed by atoms with Crippen LogP contribution >= 0.6 is 0 Å². The Hall–Kier alpha value is -0.650. The zero-order valence-electron chi connectivity index (χ0n) is 11.3. The van der Waals surface area contributed by atoms with Crippen molar-refractivity contribution in [3.63, 3.8) is 0 Å². The van der Waals surface area contributed by atoms with Crippen LogP contribution in [0.3, 0.4) is 0 Å². The summed E-state index contributed by atoms with van der Waals surface area (Å²) in [6, 6.07) is -0.0360. The van der Waals surface area contributed by atoms with Crippen LogP contribution in [0.2, 0.25) is 0 Å². The van der Waals surface area contributed by atoms with Gasteiger partial charge in [-0.2, -0.15) is 0 Å². The summed E-state index contributed by atoms with van der Waals surface area (Å²) in [5.74, 6) is 0.894. The number of rotatable bonds is 4. The summed E-state index contributed by atoms with van der Waals surface area (Å²) in [6.45, 7) is 8.49. The molecule has 2 unspecified atom stereocenters. The van der Waals surface area contributed by atoms with E-state index < -0.39 is 0 Å². The lowest BCUT2D eigenvalue weighted by molar-refractivity contribution is -0.133. The largest absolute Gasteiger partial charge is 0.381 e. The van der Waals surface area contributed by atoms with E-state index in [0.717, 1.165) is 45.9 Å². The molecule has 2 aliphatic heterocycles. The molecule has 2 rings (SSSR count). The molecule has 0 bridgehead atoms. The van der Waals surface area contributed by atoms with Crippen LogP contribution < -0.4 is 5.73 Å². The molecule has 2 heterocycles. The smallest absolute Gasteiger partial charge is 0.224 e. The third kappa shape index (κ3) is 3.93. The maximum absolute atomic E-state index is 11.9. The van der Waals surface area contributed by atoms with Gasteiger partial charge in [0.25, 0.3) is 0 Å². The van der Waals surface area contributed by atoms with Crippen LogP contribution in [-0.2, 0) is 9.53 Å². The Labute approximate surface area is 109 Å². The fraction of sp³-hybridized carbons (Fsp3) is 0.923. The maximum Gasteiger partial charge on any atom is 0.224 e. The lowest BCUT2D eigenvalue weighted by Crippen LogP contribution is -2.50. The second kappa shape index (κ2) is 6.50. The van der Waals surface area contributed by atoms with Crippen LogP contribution in [0.5, 0.6) is 0 Å². The van der Waals surface area contributed by atoms with Crippen LogP contribution in [0, 0.1) is 5.92 Å². The van der Waals surface area contributed by atoms with Gasteiger partial charge in [0, 0.05) is 51.8 Å². The highest BCUT2D eigenvalue weighted by Crippen LogP contribution is 2.15. The highest BCUT2D eigenvalue weighted by molar-refractivity contribution is 5.76. The van der Waals surface area contributed by atoms with Crippen molar-refractivity contribution in [1.82, 2.24) is 9.80 Å². The van der Waals surface area contributed by atoms with Gasteiger partial charge in [-0.15, -0.1) is 0 Å². The van der Waals surface area contributed by atoms with Crippen LogP contribution in [0.1, 0.15) is 19.8 Å². The van der Waals surface area contributed by atoms with Gasteiger partial charge >= 0.3 is 0 Å². The van der Waals surface area contributed by atoms with Gasteiger partial charge < -0.3 is 15.4 Å². The number of amides is 1. The Bertz CT molecular complexity index is 269. The number of nitrogens with two attached hydrogens (primary N) is 1. The molecule has 104 valence electrons. The minimum absolute atomic E-state index is 0.0360. The van der Waals surface area contributed by atoms with Crippen LogP contribution in [0.25, 0.3) is 0 Å². The van der Waals surface area contributed by atoms with Crippen molar-refractivity contribution in [2.45, 2.75) is 25.8 Å². The summed E-state index contributed by atoms with van der Waals surface area (Å²) in [4.78, 5) is 16.3. The Morgan fingerprint density at radius 3 is 2.67 bits per heavy atom. The number of hydrogen-bond donors (Lipinski definition) is 1. The molecule has 2 atom stereocenters. The number of nitrogens with zero attached hydrogens (tertiary/aromatic N) is 2. The Balaban J connectivity index is 1.68. The van der Waals surface area contributed by atoms with Gasteiger partial charge in [0.05, 0.1) is 6.61 Å². The summed E-state index contributed by atoms with van der Waals surface area (Å²) in [6.07, 6.45) is 1.65. The molecule has 18 heavy (non-hydrogen) atoms. The molecule has 5 heteroatoms. The number of ether oxygens (including phenoxy) is 1. The second-order valence-electron chi connectivity index (χ2n) is 5.59. The summed E-state index contributed by atoms with van der Waals surface area (Å²) in [5.41, 5.74) is 5.66. The van der Waals surface area contributed by atoms with Gasteiger partial charge in [0.1, 0.15) is 0 Å². The van der Waals surface area contributed by atoms with Crippen molar-refractivity contribution in [3.8, 4) is 0 Å². The maximum atomic E-state index is 11.9. The minimum atomic E-state index is -0.0360. The van der Waals surface area contributed by atoms with Gasteiger partial charge in [-0.3, -0.25) is 9.69 Å². The zero-order chi connectivity index (χ0) is 13.0. The molecule has 0 aliphatic carbocycles. The molecular weight excluding hydrogens is 230 g/mol. The predicted molar refractivity (Wildman–Crippen MR) is 70.2 cm³/mol. The molecule has 5 nitrogen and oxygen atoms in total. The molecule has 1 amide bonds. The fourth-order valence-corrected chi connectivity index (χ4v) is 2.68. The summed E-state index contributed by atoms with van der Waals surface area (Å²) >= 11 is 0. The van der Waals surface area contributed by atoms with Gasteiger partial charge in [-0.05, 0) is 19.3 Å². The van der Waals surface area contributed by atoms with Crippen LogP contribution in [0.15, 0.2) is 0 Å². The average molecular weight is 255 g/mol. The highest BCUT2D eigenvalue weighted by Gasteiger charge is 2.24. The predicted octanol–water partition coefficient (Wildman–Crippen LogP) is -0.0956. The van der Waals surface area contributed by atoms with E-state index in [4.69, 9.17) is 10.5 Å². The molecule has 0 aromatic heterocycles. The number of carbonyl (C=O) groups excluding carboxylic acids is 1. The molecule has 0 saturated carbocycles. The van der Waals surface area contributed by atoms with Crippen molar-refractivity contribution in [2.24, 2.45) is 11.7 Å². The lowest BCUT2D eigenvalue weighted by atomic mass is 10.1. The first-order chi connectivity index (χ1) is 8.65. The molecular formula is C13H25N3O2. The van der Waals surface area contributed by atoms with Crippen molar-refractivity contribution >= 4 is 5.91 Å². The number of carbonyl (C=O) groups is 1. The Morgan fingerprint density at radius 1 is 1.39 bits per heavy atom. The van der Waals surface area contributed by atoms with Crippen LogP contribution in [0.4, 0.5) is 0 Å². The van der Waals surface area contributed by atoms with Gasteiger partial charge in [-0.25, -0.2) is 0 Å². The van der Waals surface area contributed by atoms with E-state index in [0.29, 0.717) is 12.3 Å². The van der Waals surface area contributed by atoms with E-state index in [9.17, 15) is 4.79 Å². The SMILES string of the molecule is CC(N)CC(=O)N1CCN(CC2CCOC2)CC1. The summed E-state index contributed by atoms with van der Waals surface area (Å²) in [7, 11) is 0. The van der Waals surface area contributed by atoms with E-state index in [-0.39, 0.29) is 11.9 Å². The standard InChI is InChI=1S/C13H25N3O2/c1-11(14)8-13(17)16-5-3-15(4-6-16)9-12-2-7-18-10-12/h11-12H,2-10,14H2,1H3. The van der Waals surface area contributed by atoms with E-state index in [2.05, 4.69) is 4.90 Å². The van der Waals surface area contributed by atoms with Crippen molar-refractivity contribution < 1.29 is 9.53 Å². The fourth-order valence-electron chi connectivity index (χ4n) is 2.68. The normalized spacial score (nSPS) is 27.4. The molecule has 2 N–H and O–H groups in total. The molecule has 0 aromatic rings. The quantitative estimate of drug-likeness (QED) is 0.762. The van der Waals surface area contributed by atoms with E-state index in [1.54, 1.807) is 0 Å². The Kier molecular flexibility index (Phi) is 4.97. The van der Waals surface area contributed by atoms with E-state index >= 15 is 0 Å². The zero-order valence-corrected chi connectivity index (χ0v) is 11.3. The van der Waals surface area contributed by atoms with Gasteiger partial charge in [0.15, 0.2) is 0 Å². The molecule has 0 radical (unpaired) electrons. The van der Waals surface area contributed by atoms with Crippen molar-refractivity contribution in [2.75, 3.05) is 45.9 Å². The molecule has 0 aromatic carbocycles. The number of piperazine rings is 1. The Morgan fingerprint density at radius 2 is 2.11 bits per heavy atom. The summed E-state index contributed by atoms with van der Waals surface area (Å²) in [5, 5.41) is 0. The molecule has 0 spiro atoms. The first-order valence-electron chi connectivity index (χ1n) is 6.98. The average Bonchev–Trinajstić information content (AvgIpc) is 2.82. The first-order valence-corrected chi connectivity index (χ1v) is 6.98. The van der Waals surface area contributed by atoms with E-state index in [1.165, 1.54) is 6.42 Å². The third-order valence-corrected chi connectivity index (χ3v) is 3.76. The minimum Gasteiger partial charge on any atom is -0.381 e. The van der Waals surface area contributed by atoms with E-state index in [1.807, 2.05) is 11.8 Å². The molecule has 2 saturated heterocycles. The first kappa shape index (κ1) is 13.8. The summed E-state index contributed by atoms with van der Waals surface area (Å²) < 4.78 is 5.40. The van der Waals surface area contributed by atoms with Crippen molar-refractivity contribution in [3.05, 3.63) is 0 Å². The van der Waals surface area contributed by atoms with Gasteiger partial charge in [-0.1, -0.05) is 0 Å². The lowest BCUT2D eigenvalue weighted by Gasteiger charge is -2.36. The second-order valence-corrected chi connectivity index (χ2v) is 5.59. The molecule has 2 fully saturated rings. The van der Waals surface area contributed by atoms with Gasteiger partial charge in [0.2, 0.25) is 5.91 Å². The van der Waals surface area contributed by atoms with Crippen LogP contribution in [-0.4, -0.2) is 67.7 Å². The molecule has 2 aliphatic rings. The van der Waals surface area contributed by atoms with Crippen molar-refractivity contribution in [1.29, 1.82) is 0 Å². The monoisotopic (exact) mass is 255 g/mol. The topological polar surface area (TPSA) is 58.8 Å². The third-order valence-electron chi connectivity index (χ3n) is 3.76. The number of hydrogen-bond acceptors (Lipinski definition) is 4.